The van der Waals surface area contributed by atoms with E-state index < -0.39 is 10.2 Å². The Balaban J connectivity index is 2.06. The molecular formula is C18H29N3O3S. The Hall–Kier alpha value is -1.44. The first-order valence-corrected chi connectivity index (χ1v) is 10.1. The first-order chi connectivity index (χ1) is 11.6. The number of piperidine rings is 1. The van der Waals surface area contributed by atoms with Gasteiger partial charge in [-0.15, -0.1) is 0 Å². The number of amides is 1. The highest BCUT2D eigenvalue weighted by atomic mass is 32.2. The SMILES string of the molecule is Cc1ccc(C)c(C(C)NC(=O)C2CCCN(S(=O)(=O)N(C)C)C2)c1. The molecule has 2 unspecified atom stereocenters. The minimum absolute atomic E-state index is 0.0768. The molecule has 25 heavy (non-hydrogen) atoms. The van der Waals surface area contributed by atoms with Gasteiger partial charge >= 0.3 is 0 Å². The predicted octanol–water partition coefficient (Wildman–Crippen LogP) is 2.00. The van der Waals surface area contributed by atoms with Gasteiger partial charge in [0.25, 0.3) is 10.2 Å². The zero-order valence-corrected chi connectivity index (χ0v) is 16.6. The third-order valence-electron chi connectivity index (χ3n) is 4.80. The molecule has 0 aliphatic carbocycles. The molecule has 6 nitrogen and oxygen atoms in total. The molecule has 2 atom stereocenters. The summed E-state index contributed by atoms with van der Waals surface area (Å²) in [4.78, 5) is 12.7. The molecule has 1 N–H and O–H groups in total. The molecule has 1 aliphatic rings. The molecule has 140 valence electrons. The molecule has 1 heterocycles. The Bertz CT molecular complexity index is 731. The van der Waals surface area contributed by atoms with Gasteiger partial charge in [0.15, 0.2) is 0 Å². The highest BCUT2D eigenvalue weighted by Crippen LogP contribution is 2.23. The van der Waals surface area contributed by atoms with Gasteiger partial charge in [0.2, 0.25) is 5.91 Å². The number of aryl methyl sites for hydroxylation is 2. The molecule has 0 radical (unpaired) electrons. The van der Waals surface area contributed by atoms with Gasteiger partial charge in [-0.25, -0.2) is 0 Å². The third-order valence-corrected chi connectivity index (χ3v) is 6.71. The maximum absolute atomic E-state index is 12.7. The molecule has 0 spiro atoms. The minimum atomic E-state index is -3.47. The number of hydrogen-bond acceptors (Lipinski definition) is 3. The normalized spacial score (nSPS) is 20.5. The molecule has 1 aromatic carbocycles. The molecule has 0 bridgehead atoms. The topological polar surface area (TPSA) is 69.7 Å². The molecule has 7 heteroatoms. The standard InChI is InChI=1S/C18H29N3O3S/c1-13-8-9-14(2)17(11-13)15(3)19-18(22)16-7-6-10-21(12-16)25(23,24)20(4)5/h8-9,11,15-16H,6-7,10,12H2,1-5H3,(H,19,22). The summed E-state index contributed by atoms with van der Waals surface area (Å²) in [5, 5.41) is 3.06. The number of nitrogens with one attached hydrogen (secondary N) is 1. The summed E-state index contributed by atoms with van der Waals surface area (Å²) in [5.74, 6) is -0.386. The molecule has 2 rings (SSSR count). The molecule has 1 saturated heterocycles. The Labute approximate surface area is 151 Å². The zero-order valence-electron chi connectivity index (χ0n) is 15.7. The van der Waals surface area contributed by atoms with E-state index in [2.05, 4.69) is 23.5 Å². The van der Waals surface area contributed by atoms with Gasteiger partial charge in [0.05, 0.1) is 12.0 Å². The Morgan fingerprint density at radius 3 is 2.64 bits per heavy atom. The van der Waals surface area contributed by atoms with Crippen molar-refractivity contribution in [1.29, 1.82) is 0 Å². The number of carbonyl (C=O) groups excluding carboxylic acids is 1. The maximum atomic E-state index is 12.7. The van der Waals surface area contributed by atoms with Gasteiger partial charge in [-0.1, -0.05) is 23.8 Å². The van der Waals surface area contributed by atoms with Crippen LogP contribution in [0.4, 0.5) is 0 Å². The van der Waals surface area contributed by atoms with Gasteiger partial charge in [0, 0.05) is 27.2 Å². The first-order valence-electron chi connectivity index (χ1n) is 8.68. The lowest BCUT2D eigenvalue weighted by molar-refractivity contribution is -0.126. The fourth-order valence-corrected chi connectivity index (χ4v) is 4.42. The van der Waals surface area contributed by atoms with Gasteiger partial charge in [-0.2, -0.15) is 17.0 Å². The number of rotatable bonds is 5. The molecular weight excluding hydrogens is 338 g/mol. The van der Waals surface area contributed by atoms with Crippen LogP contribution in [-0.4, -0.2) is 50.1 Å². The first kappa shape index (κ1) is 19.9. The number of hydrogen-bond donors (Lipinski definition) is 1. The number of carbonyl (C=O) groups is 1. The van der Waals surface area contributed by atoms with E-state index in [0.29, 0.717) is 19.4 Å². The van der Waals surface area contributed by atoms with Crippen molar-refractivity contribution < 1.29 is 13.2 Å². The van der Waals surface area contributed by atoms with E-state index in [1.165, 1.54) is 22.7 Å². The van der Waals surface area contributed by atoms with Crippen LogP contribution in [0.3, 0.4) is 0 Å². The Morgan fingerprint density at radius 1 is 1.32 bits per heavy atom. The number of benzene rings is 1. The summed E-state index contributed by atoms with van der Waals surface area (Å²) in [6, 6.07) is 6.09. The van der Waals surface area contributed by atoms with Crippen molar-refractivity contribution in [3.8, 4) is 0 Å². The van der Waals surface area contributed by atoms with Crippen LogP contribution in [0.2, 0.25) is 0 Å². The van der Waals surface area contributed by atoms with E-state index in [-0.39, 0.29) is 24.4 Å². The van der Waals surface area contributed by atoms with Crippen LogP contribution in [0.1, 0.15) is 42.5 Å². The summed E-state index contributed by atoms with van der Waals surface area (Å²) in [6.07, 6.45) is 1.41. The minimum Gasteiger partial charge on any atom is -0.349 e. The summed E-state index contributed by atoms with van der Waals surface area (Å²) in [6.45, 7) is 6.74. The predicted molar refractivity (Wildman–Crippen MR) is 99.4 cm³/mol. The van der Waals surface area contributed by atoms with Crippen LogP contribution in [0.15, 0.2) is 18.2 Å². The smallest absolute Gasteiger partial charge is 0.281 e. The van der Waals surface area contributed by atoms with Gasteiger partial charge in [-0.05, 0) is 44.7 Å². The zero-order chi connectivity index (χ0) is 18.8. The van der Waals surface area contributed by atoms with E-state index in [9.17, 15) is 13.2 Å². The molecule has 0 saturated carbocycles. The van der Waals surface area contributed by atoms with Gasteiger partial charge in [0.1, 0.15) is 0 Å². The van der Waals surface area contributed by atoms with E-state index >= 15 is 0 Å². The van der Waals surface area contributed by atoms with Crippen LogP contribution >= 0.6 is 0 Å². The quantitative estimate of drug-likeness (QED) is 0.865. The highest BCUT2D eigenvalue weighted by molar-refractivity contribution is 7.86. The van der Waals surface area contributed by atoms with Crippen LogP contribution in [-0.2, 0) is 15.0 Å². The lowest BCUT2D eigenvalue weighted by Crippen LogP contribution is -2.49. The van der Waals surface area contributed by atoms with Gasteiger partial charge in [-0.3, -0.25) is 4.79 Å². The molecule has 1 fully saturated rings. The second-order valence-corrected chi connectivity index (χ2v) is 9.22. The molecule has 1 aliphatic heterocycles. The monoisotopic (exact) mass is 367 g/mol. The maximum Gasteiger partial charge on any atom is 0.281 e. The fraction of sp³-hybridized carbons (Fsp3) is 0.611. The fourth-order valence-electron chi connectivity index (χ4n) is 3.23. The summed E-state index contributed by atoms with van der Waals surface area (Å²) in [5.41, 5.74) is 3.39. The van der Waals surface area contributed by atoms with Crippen molar-refractivity contribution >= 4 is 16.1 Å². The Kier molecular flexibility index (Phi) is 6.24. The molecule has 1 aromatic rings. The van der Waals surface area contributed by atoms with E-state index in [0.717, 1.165) is 16.7 Å². The lowest BCUT2D eigenvalue weighted by Gasteiger charge is -2.33. The molecule has 0 aromatic heterocycles. The van der Waals surface area contributed by atoms with Crippen LogP contribution in [0, 0.1) is 19.8 Å². The second kappa shape index (κ2) is 7.85. The average molecular weight is 368 g/mol. The van der Waals surface area contributed by atoms with Crippen LogP contribution in [0.5, 0.6) is 0 Å². The second-order valence-electron chi connectivity index (χ2n) is 7.08. The van der Waals surface area contributed by atoms with E-state index in [1.807, 2.05) is 20.8 Å². The van der Waals surface area contributed by atoms with Crippen molar-refractivity contribution in [3.05, 3.63) is 34.9 Å². The van der Waals surface area contributed by atoms with Crippen LogP contribution < -0.4 is 5.32 Å². The van der Waals surface area contributed by atoms with Crippen molar-refractivity contribution in [2.45, 2.75) is 39.7 Å². The summed E-state index contributed by atoms with van der Waals surface area (Å²) < 4.78 is 27.2. The Morgan fingerprint density at radius 2 is 2.00 bits per heavy atom. The lowest BCUT2D eigenvalue weighted by atomic mass is 9.96. The van der Waals surface area contributed by atoms with Crippen molar-refractivity contribution in [1.82, 2.24) is 13.9 Å². The van der Waals surface area contributed by atoms with Gasteiger partial charge < -0.3 is 5.32 Å². The highest BCUT2D eigenvalue weighted by Gasteiger charge is 2.33. The number of nitrogens with zero attached hydrogens (tertiary/aromatic N) is 2. The van der Waals surface area contributed by atoms with Crippen molar-refractivity contribution in [3.63, 3.8) is 0 Å². The largest absolute Gasteiger partial charge is 0.349 e. The van der Waals surface area contributed by atoms with Crippen molar-refractivity contribution in [2.24, 2.45) is 5.92 Å². The summed E-state index contributed by atoms with van der Waals surface area (Å²) in [7, 11) is -0.442. The average Bonchev–Trinajstić information content (AvgIpc) is 2.56. The van der Waals surface area contributed by atoms with Crippen molar-refractivity contribution in [2.75, 3.05) is 27.2 Å². The van der Waals surface area contributed by atoms with Crippen LogP contribution in [0.25, 0.3) is 0 Å². The van der Waals surface area contributed by atoms with E-state index in [4.69, 9.17) is 0 Å². The third kappa shape index (κ3) is 4.59. The summed E-state index contributed by atoms with van der Waals surface area (Å²) >= 11 is 0. The molecule has 1 amide bonds. The van der Waals surface area contributed by atoms with E-state index in [1.54, 1.807) is 0 Å².